The molecule has 0 bridgehead atoms. The van der Waals surface area contributed by atoms with Crippen LogP contribution in [0.5, 0.6) is 0 Å². The number of rotatable bonds is 7. The van der Waals surface area contributed by atoms with Crippen LogP contribution < -0.4 is 10.6 Å². The van der Waals surface area contributed by atoms with Gasteiger partial charge in [-0.3, -0.25) is 0 Å². The Morgan fingerprint density at radius 3 is 2.78 bits per heavy atom. The van der Waals surface area contributed by atoms with Crippen molar-refractivity contribution in [3.05, 3.63) is 11.8 Å². The predicted molar refractivity (Wildman–Crippen MR) is 79.5 cm³/mol. The second-order valence-corrected chi connectivity index (χ2v) is 6.17. The smallest absolute Gasteiger partial charge is 0.224 e. The predicted octanol–water partition coefficient (Wildman–Crippen LogP) is 2.91. The lowest BCUT2D eigenvalue weighted by Gasteiger charge is -2.15. The topological polar surface area (TPSA) is 49.8 Å². The molecule has 100 valence electrons. The van der Waals surface area contributed by atoms with E-state index < -0.39 is 0 Å². The molecule has 1 aliphatic rings. The lowest BCUT2D eigenvalue weighted by molar-refractivity contribution is 0.922. The van der Waals surface area contributed by atoms with Gasteiger partial charge in [0, 0.05) is 29.6 Å². The minimum absolute atomic E-state index is 0.453. The highest BCUT2D eigenvalue weighted by Crippen LogP contribution is 2.47. The van der Waals surface area contributed by atoms with Crippen LogP contribution in [-0.2, 0) is 0 Å². The summed E-state index contributed by atoms with van der Waals surface area (Å²) < 4.78 is 0.453. The third-order valence-corrected chi connectivity index (χ3v) is 4.74. The molecule has 0 spiro atoms. The zero-order valence-electron chi connectivity index (χ0n) is 11.4. The highest BCUT2D eigenvalue weighted by Gasteiger charge is 2.41. The largest absolute Gasteiger partial charge is 0.368 e. The molecule has 4 nitrogen and oxygen atoms in total. The average Bonchev–Trinajstić information content (AvgIpc) is 3.17. The van der Waals surface area contributed by atoms with Crippen molar-refractivity contribution in [1.29, 1.82) is 0 Å². The van der Waals surface area contributed by atoms with Gasteiger partial charge in [0.25, 0.3) is 0 Å². The van der Waals surface area contributed by atoms with Crippen LogP contribution in [0.3, 0.4) is 0 Å². The standard InChI is InChI=1S/C13H22N4S/c1-4-7-14-12-15-8-10(2)11(17-12)16-9-13(18-3)5-6-13/h8H,4-7,9H2,1-3H3,(H2,14,15,16,17). The molecule has 5 heteroatoms. The van der Waals surface area contributed by atoms with E-state index in [2.05, 4.69) is 33.8 Å². The zero-order chi connectivity index (χ0) is 13.0. The summed E-state index contributed by atoms with van der Waals surface area (Å²) in [5.41, 5.74) is 1.11. The molecule has 1 aromatic rings. The van der Waals surface area contributed by atoms with Gasteiger partial charge in [0.15, 0.2) is 0 Å². The molecule has 0 amide bonds. The Morgan fingerprint density at radius 1 is 1.39 bits per heavy atom. The van der Waals surface area contributed by atoms with Crippen molar-refractivity contribution >= 4 is 23.5 Å². The summed E-state index contributed by atoms with van der Waals surface area (Å²) in [5.74, 6) is 1.68. The van der Waals surface area contributed by atoms with Crippen molar-refractivity contribution in [3.63, 3.8) is 0 Å². The molecule has 0 aliphatic heterocycles. The first-order chi connectivity index (χ1) is 8.69. The maximum absolute atomic E-state index is 4.53. The van der Waals surface area contributed by atoms with Crippen molar-refractivity contribution in [2.45, 2.75) is 37.9 Å². The Kier molecular flexibility index (Phi) is 4.32. The van der Waals surface area contributed by atoms with E-state index in [-0.39, 0.29) is 0 Å². The van der Waals surface area contributed by atoms with Crippen LogP contribution in [0.25, 0.3) is 0 Å². The van der Waals surface area contributed by atoms with Gasteiger partial charge in [0.1, 0.15) is 5.82 Å². The first kappa shape index (κ1) is 13.5. The summed E-state index contributed by atoms with van der Waals surface area (Å²) in [4.78, 5) is 8.82. The van der Waals surface area contributed by atoms with Gasteiger partial charge in [-0.1, -0.05) is 6.92 Å². The van der Waals surface area contributed by atoms with Crippen molar-refractivity contribution in [2.75, 3.05) is 30.0 Å². The van der Waals surface area contributed by atoms with Crippen molar-refractivity contribution in [2.24, 2.45) is 0 Å². The summed E-state index contributed by atoms with van der Waals surface area (Å²) in [7, 11) is 0. The summed E-state index contributed by atoms with van der Waals surface area (Å²) in [6.45, 7) is 6.09. The summed E-state index contributed by atoms with van der Waals surface area (Å²) in [5, 5.41) is 6.69. The Balaban J connectivity index is 1.97. The van der Waals surface area contributed by atoms with Crippen molar-refractivity contribution in [3.8, 4) is 0 Å². The lowest BCUT2D eigenvalue weighted by atomic mass is 10.3. The average molecular weight is 266 g/mol. The van der Waals surface area contributed by atoms with Crippen LogP contribution in [-0.4, -0.2) is 34.1 Å². The van der Waals surface area contributed by atoms with Crippen molar-refractivity contribution in [1.82, 2.24) is 9.97 Å². The summed E-state index contributed by atoms with van der Waals surface area (Å²) >= 11 is 1.96. The molecule has 1 saturated carbocycles. The number of hydrogen-bond acceptors (Lipinski definition) is 5. The summed E-state index contributed by atoms with van der Waals surface area (Å²) in [6, 6.07) is 0. The highest BCUT2D eigenvalue weighted by atomic mass is 32.2. The van der Waals surface area contributed by atoms with Gasteiger partial charge in [-0.25, -0.2) is 4.98 Å². The van der Waals surface area contributed by atoms with Crippen LogP contribution in [0.4, 0.5) is 11.8 Å². The minimum Gasteiger partial charge on any atom is -0.368 e. The number of hydrogen-bond donors (Lipinski definition) is 2. The van der Waals surface area contributed by atoms with E-state index in [1.54, 1.807) is 0 Å². The fourth-order valence-electron chi connectivity index (χ4n) is 1.78. The van der Waals surface area contributed by atoms with E-state index in [0.29, 0.717) is 4.75 Å². The van der Waals surface area contributed by atoms with Gasteiger partial charge < -0.3 is 10.6 Å². The van der Waals surface area contributed by atoms with E-state index in [4.69, 9.17) is 0 Å². The Hall–Kier alpha value is -0.970. The van der Waals surface area contributed by atoms with Crippen LogP contribution in [0.2, 0.25) is 0 Å². The van der Waals surface area contributed by atoms with Crippen LogP contribution in [0.15, 0.2) is 6.20 Å². The molecule has 0 aromatic carbocycles. The fourth-order valence-corrected chi connectivity index (χ4v) is 2.51. The molecular weight excluding hydrogens is 244 g/mol. The van der Waals surface area contributed by atoms with E-state index in [1.807, 2.05) is 24.9 Å². The van der Waals surface area contributed by atoms with Crippen LogP contribution in [0, 0.1) is 6.92 Å². The number of aryl methyl sites for hydroxylation is 1. The molecule has 2 N–H and O–H groups in total. The molecule has 1 fully saturated rings. The number of thioether (sulfide) groups is 1. The van der Waals surface area contributed by atoms with Crippen molar-refractivity contribution < 1.29 is 0 Å². The maximum Gasteiger partial charge on any atom is 0.224 e. The van der Waals surface area contributed by atoms with Gasteiger partial charge >= 0.3 is 0 Å². The molecule has 18 heavy (non-hydrogen) atoms. The molecule has 0 atom stereocenters. The monoisotopic (exact) mass is 266 g/mol. The third kappa shape index (κ3) is 3.28. The second kappa shape index (κ2) is 5.78. The van der Waals surface area contributed by atoms with Crippen LogP contribution >= 0.6 is 11.8 Å². The molecule has 1 heterocycles. The van der Waals surface area contributed by atoms with Gasteiger partial charge in [0.2, 0.25) is 5.95 Å². The van der Waals surface area contributed by atoms with E-state index in [1.165, 1.54) is 12.8 Å². The number of nitrogens with zero attached hydrogens (tertiary/aromatic N) is 2. The van der Waals surface area contributed by atoms with E-state index in [9.17, 15) is 0 Å². The Bertz CT molecular complexity index is 404. The van der Waals surface area contributed by atoms with Gasteiger partial charge in [0.05, 0.1) is 0 Å². The first-order valence-electron chi connectivity index (χ1n) is 6.55. The normalized spacial score (nSPS) is 16.4. The molecular formula is C13H22N4S. The lowest BCUT2D eigenvalue weighted by Crippen LogP contribution is -2.19. The third-order valence-electron chi connectivity index (χ3n) is 3.32. The maximum atomic E-state index is 4.53. The Morgan fingerprint density at radius 2 is 2.17 bits per heavy atom. The van der Waals surface area contributed by atoms with Gasteiger partial charge in [-0.05, 0) is 32.4 Å². The SMILES string of the molecule is CCCNc1ncc(C)c(NCC2(SC)CC2)n1. The molecule has 0 unspecified atom stereocenters. The van der Waals surface area contributed by atoms with E-state index in [0.717, 1.165) is 36.8 Å². The number of nitrogens with one attached hydrogen (secondary N) is 2. The summed E-state index contributed by atoms with van der Waals surface area (Å²) in [6.07, 6.45) is 7.77. The number of aromatic nitrogens is 2. The zero-order valence-corrected chi connectivity index (χ0v) is 12.2. The molecule has 1 aliphatic carbocycles. The fraction of sp³-hybridized carbons (Fsp3) is 0.692. The van der Waals surface area contributed by atoms with Crippen LogP contribution in [0.1, 0.15) is 31.7 Å². The molecule has 1 aromatic heterocycles. The Labute approximate surface area is 113 Å². The first-order valence-corrected chi connectivity index (χ1v) is 7.78. The van der Waals surface area contributed by atoms with Gasteiger partial charge in [-0.15, -0.1) is 0 Å². The second-order valence-electron chi connectivity index (χ2n) is 4.89. The number of anilines is 2. The molecule has 0 radical (unpaired) electrons. The quantitative estimate of drug-likeness (QED) is 0.794. The minimum atomic E-state index is 0.453. The highest BCUT2D eigenvalue weighted by molar-refractivity contribution is 8.00. The molecule has 2 rings (SSSR count). The van der Waals surface area contributed by atoms with Gasteiger partial charge in [-0.2, -0.15) is 16.7 Å². The van der Waals surface area contributed by atoms with E-state index >= 15 is 0 Å². The molecule has 0 saturated heterocycles.